The molecule has 0 bridgehead atoms. The van der Waals surface area contributed by atoms with Crippen molar-refractivity contribution in [3.63, 3.8) is 0 Å². The van der Waals surface area contributed by atoms with Gasteiger partial charge in [0.2, 0.25) is 5.91 Å². The highest BCUT2D eigenvalue weighted by Gasteiger charge is 2.28. The number of rotatable bonds is 3. The Morgan fingerprint density at radius 3 is 3.04 bits per heavy atom. The lowest BCUT2D eigenvalue weighted by Gasteiger charge is -2.19. The molecule has 116 valence electrons. The van der Waals surface area contributed by atoms with E-state index in [9.17, 15) is 9.59 Å². The Labute approximate surface area is 133 Å². The second-order valence-electron chi connectivity index (χ2n) is 5.47. The molecule has 1 unspecified atom stereocenters. The van der Waals surface area contributed by atoms with E-state index >= 15 is 0 Å². The summed E-state index contributed by atoms with van der Waals surface area (Å²) in [5.41, 5.74) is 1.23. The number of carbonyl (C=O) groups is 2. The standard InChI is InChI=1S/C17H16N4O2/c18-9-14-5-3-7-21(14)16(22)11-20-17(23)13-8-12-4-1-2-6-15(12)19-10-13/h1-2,4,6,8,10,14H,3,5,7,11H2,(H,20,23). The van der Waals surface area contributed by atoms with Crippen molar-refractivity contribution in [2.45, 2.75) is 18.9 Å². The zero-order chi connectivity index (χ0) is 16.2. The summed E-state index contributed by atoms with van der Waals surface area (Å²) >= 11 is 0. The van der Waals surface area contributed by atoms with Gasteiger partial charge in [0.1, 0.15) is 6.04 Å². The molecule has 6 nitrogen and oxygen atoms in total. The van der Waals surface area contributed by atoms with Gasteiger partial charge in [0.25, 0.3) is 5.91 Å². The molecule has 2 aromatic rings. The van der Waals surface area contributed by atoms with Gasteiger partial charge in [-0.1, -0.05) is 18.2 Å². The van der Waals surface area contributed by atoms with Crippen molar-refractivity contribution in [2.75, 3.05) is 13.1 Å². The summed E-state index contributed by atoms with van der Waals surface area (Å²) in [6, 6.07) is 11.0. The van der Waals surface area contributed by atoms with Gasteiger partial charge < -0.3 is 10.2 Å². The normalized spacial score (nSPS) is 17.0. The molecule has 1 aliphatic rings. The average molecular weight is 308 g/mol. The van der Waals surface area contributed by atoms with Gasteiger partial charge in [-0.15, -0.1) is 0 Å². The Hall–Kier alpha value is -2.94. The van der Waals surface area contributed by atoms with Gasteiger partial charge >= 0.3 is 0 Å². The lowest BCUT2D eigenvalue weighted by molar-refractivity contribution is -0.130. The fourth-order valence-corrected chi connectivity index (χ4v) is 2.75. The number of amides is 2. The summed E-state index contributed by atoms with van der Waals surface area (Å²) in [5, 5.41) is 12.5. The minimum absolute atomic E-state index is 0.107. The molecule has 1 fully saturated rings. The summed E-state index contributed by atoms with van der Waals surface area (Å²) in [6.45, 7) is 0.467. The number of aromatic nitrogens is 1. The Morgan fingerprint density at radius 1 is 1.39 bits per heavy atom. The van der Waals surface area contributed by atoms with E-state index in [1.165, 1.54) is 11.1 Å². The fourth-order valence-electron chi connectivity index (χ4n) is 2.75. The zero-order valence-electron chi connectivity index (χ0n) is 12.5. The number of para-hydroxylation sites is 1. The van der Waals surface area contributed by atoms with Crippen molar-refractivity contribution < 1.29 is 9.59 Å². The minimum atomic E-state index is -0.373. The monoisotopic (exact) mass is 308 g/mol. The van der Waals surface area contributed by atoms with Crippen LogP contribution in [0.3, 0.4) is 0 Å². The number of benzene rings is 1. The maximum atomic E-state index is 12.2. The van der Waals surface area contributed by atoms with Gasteiger partial charge in [0, 0.05) is 18.1 Å². The van der Waals surface area contributed by atoms with Crippen LogP contribution in [0.25, 0.3) is 10.9 Å². The molecule has 2 heterocycles. The lowest BCUT2D eigenvalue weighted by Crippen LogP contribution is -2.42. The van der Waals surface area contributed by atoms with E-state index in [-0.39, 0.29) is 24.4 Å². The van der Waals surface area contributed by atoms with Gasteiger partial charge in [-0.05, 0) is 25.0 Å². The molecule has 6 heteroatoms. The molecule has 1 saturated heterocycles. The molecule has 1 N–H and O–H groups in total. The van der Waals surface area contributed by atoms with E-state index in [1.54, 1.807) is 6.07 Å². The molecule has 3 rings (SSSR count). The van der Waals surface area contributed by atoms with Crippen LogP contribution in [0, 0.1) is 11.3 Å². The third-order valence-corrected chi connectivity index (χ3v) is 3.98. The smallest absolute Gasteiger partial charge is 0.253 e. The van der Waals surface area contributed by atoms with Crippen LogP contribution < -0.4 is 5.32 Å². The van der Waals surface area contributed by atoms with E-state index in [0.717, 1.165) is 17.3 Å². The Morgan fingerprint density at radius 2 is 2.22 bits per heavy atom. The molecular formula is C17H16N4O2. The predicted molar refractivity (Wildman–Crippen MR) is 84.4 cm³/mol. The molecule has 0 saturated carbocycles. The van der Waals surface area contributed by atoms with Gasteiger partial charge in [0.15, 0.2) is 0 Å². The molecule has 0 radical (unpaired) electrons. The van der Waals surface area contributed by atoms with Crippen LogP contribution >= 0.6 is 0 Å². The topological polar surface area (TPSA) is 86.1 Å². The van der Waals surface area contributed by atoms with Gasteiger partial charge in [0.05, 0.1) is 23.7 Å². The lowest BCUT2D eigenvalue weighted by atomic mass is 10.1. The van der Waals surface area contributed by atoms with Gasteiger partial charge in [-0.2, -0.15) is 5.26 Å². The van der Waals surface area contributed by atoms with Crippen LogP contribution in [0.2, 0.25) is 0 Å². The third kappa shape index (κ3) is 3.14. The maximum Gasteiger partial charge on any atom is 0.253 e. The summed E-state index contributed by atoms with van der Waals surface area (Å²) in [4.78, 5) is 30.0. The molecule has 0 aliphatic carbocycles. The van der Waals surface area contributed by atoms with Crippen molar-refractivity contribution in [1.82, 2.24) is 15.2 Å². The summed E-state index contributed by atoms with van der Waals surface area (Å²) < 4.78 is 0. The highest BCUT2D eigenvalue weighted by Crippen LogP contribution is 2.16. The molecule has 1 aromatic carbocycles. The Kier molecular flexibility index (Phi) is 4.20. The molecule has 1 aromatic heterocycles. The number of likely N-dealkylation sites (tertiary alicyclic amines) is 1. The summed E-state index contributed by atoms with van der Waals surface area (Å²) in [7, 11) is 0. The van der Waals surface area contributed by atoms with E-state index in [1.807, 2.05) is 24.3 Å². The van der Waals surface area contributed by atoms with Crippen molar-refractivity contribution >= 4 is 22.7 Å². The number of nitrogens with one attached hydrogen (secondary N) is 1. The number of carbonyl (C=O) groups excluding carboxylic acids is 2. The van der Waals surface area contributed by atoms with Crippen LogP contribution in [0.1, 0.15) is 23.2 Å². The molecular weight excluding hydrogens is 292 g/mol. The predicted octanol–water partition coefficient (Wildman–Crippen LogP) is 1.48. The van der Waals surface area contributed by atoms with Crippen LogP contribution in [-0.4, -0.2) is 40.8 Å². The highest BCUT2D eigenvalue weighted by atomic mass is 16.2. The van der Waals surface area contributed by atoms with Crippen molar-refractivity contribution in [1.29, 1.82) is 5.26 Å². The SMILES string of the molecule is N#CC1CCCN1C(=O)CNC(=O)c1cnc2ccccc2c1. The van der Waals surface area contributed by atoms with Crippen LogP contribution in [0.5, 0.6) is 0 Å². The van der Waals surface area contributed by atoms with Crippen molar-refractivity contribution in [2.24, 2.45) is 0 Å². The largest absolute Gasteiger partial charge is 0.343 e. The summed E-state index contributed by atoms with van der Waals surface area (Å²) in [5.74, 6) is -0.569. The molecule has 1 aliphatic heterocycles. The average Bonchev–Trinajstić information content (AvgIpc) is 3.07. The van der Waals surface area contributed by atoms with Crippen LogP contribution in [0.4, 0.5) is 0 Å². The number of nitrogens with zero attached hydrogens (tertiary/aromatic N) is 3. The molecule has 2 amide bonds. The third-order valence-electron chi connectivity index (χ3n) is 3.98. The first kappa shape index (κ1) is 15.0. The zero-order valence-corrected chi connectivity index (χ0v) is 12.5. The first-order valence-corrected chi connectivity index (χ1v) is 7.51. The van der Waals surface area contributed by atoms with E-state index in [2.05, 4.69) is 16.4 Å². The number of nitriles is 1. The minimum Gasteiger partial charge on any atom is -0.343 e. The first-order valence-electron chi connectivity index (χ1n) is 7.51. The number of hydrogen-bond donors (Lipinski definition) is 1. The van der Waals surface area contributed by atoms with Gasteiger partial charge in [-0.3, -0.25) is 14.6 Å². The highest BCUT2D eigenvalue weighted by molar-refractivity contribution is 5.98. The number of hydrogen-bond acceptors (Lipinski definition) is 4. The van der Waals surface area contributed by atoms with E-state index in [0.29, 0.717) is 18.5 Å². The summed E-state index contributed by atoms with van der Waals surface area (Å²) in [6.07, 6.45) is 3.02. The second-order valence-corrected chi connectivity index (χ2v) is 5.47. The first-order chi connectivity index (χ1) is 11.2. The Balaban J connectivity index is 1.64. The molecule has 23 heavy (non-hydrogen) atoms. The Bertz CT molecular complexity index is 797. The van der Waals surface area contributed by atoms with Crippen LogP contribution in [-0.2, 0) is 4.79 Å². The van der Waals surface area contributed by atoms with Crippen molar-refractivity contribution in [3.05, 3.63) is 42.1 Å². The van der Waals surface area contributed by atoms with E-state index < -0.39 is 0 Å². The van der Waals surface area contributed by atoms with Crippen molar-refractivity contribution in [3.8, 4) is 6.07 Å². The number of pyridine rings is 1. The maximum absolute atomic E-state index is 12.2. The quantitative estimate of drug-likeness (QED) is 0.930. The van der Waals surface area contributed by atoms with Crippen LogP contribution in [0.15, 0.2) is 36.5 Å². The molecule has 1 atom stereocenters. The molecule has 0 spiro atoms. The second kappa shape index (κ2) is 6.44. The fraction of sp³-hybridized carbons (Fsp3) is 0.294. The van der Waals surface area contributed by atoms with E-state index in [4.69, 9.17) is 5.26 Å². The van der Waals surface area contributed by atoms with Gasteiger partial charge in [-0.25, -0.2) is 0 Å². The number of fused-ring (bicyclic) bond motifs is 1.